The Morgan fingerprint density at radius 3 is 2.50 bits per heavy atom. The second-order valence-corrected chi connectivity index (χ2v) is 9.10. The minimum Gasteiger partial charge on any atom is -0.473 e. The maximum absolute atomic E-state index is 15.0. The minimum absolute atomic E-state index is 0.0431. The molecule has 5 rings (SSSR count). The predicted molar refractivity (Wildman–Crippen MR) is 129 cm³/mol. The van der Waals surface area contributed by atoms with Gasteiger partial charge in [0.05, 0.1) is 11.3 Å². The Bertz CT molecular complexity index is 1540. The molecule has 0 aliphatic heterocycles. The SMILES string of the molecule is CCn1cc(C(F)(F)F)nc1-c1ccc(COc2cc(C)nc(-c3c(OC(F)F)ncnc3C3CC3)n2)cc1F. The van der Waals surface area contributed by atoms with Gasteiger partial charge in [0.2, 0.25) is 11.8 Å². The predicted octanol–water partition coefficient (Wildman–Crippen LogP) is 6.34. The quantitative estimate of drug-likeness (QED) is 0.219. The first-order chi connectivity index (χ1) is 19.0. The lowest BCUT2D eigenvalue weighted by Gasteiger charge is -2.14. The standard InChI is InChI=1S/C26H22F6N6O2/c1-3-38-10-18(26(30,31)32)36-23(38)16-7-4-14(9-17(16)27)11-39-19-8-13(2)35-22(37-19)20-21(15-5-6-15)33-12-34-24(20)40-25(28)29/h4,7-10,12,15,25H,3,5-6,11H2,1-2H3. The number of aryl methyl sites for hydroxylation is 2. The van der Waals surface area contributed by atoms with Crippen molar-refractivity contribution in [3.8, 4) is 34.5 Å². The van der Waals surface area contributed by atoms with E-state index in [1.807, 2.05) is 0 Å². The van der Waals surface area contributed by atoms with Crippen LogP contribution in [0.1, 0.15) is 48.3 Å². The Balaban J connectivity index is 1.40. The minimum atomic E-state index is -4.66. The highest BCUT2D eigenvalue weighted by Crippen LogP contribution is 2.45. The Hall–Kier alpha value is -4.23. The van der Waals surface area contributed by atoms with Crippen molar-refractivity contribution in [3.05, 3.63) is 65.3 Å². The normalized spacial score (nSPS) is 13.6. The molecule has 0 radical (unpaired) electrons. The topological polar surface area (TPSA) is 87.8 Å². The van der Waals surface area contributed by atoms with Crippen molar-refractivity contribution >= 4 is 0 Å². The number of rotatable bonds is 9. The molecule has 0 unspecified atom stereocenters. The second-order valence-electron chi connectivity index (χ2n) is 9.10. The van der Waals surface area contributed by atoms with Gasteiger partial charge in [0.15, 0.2) is 11.5 Å². The molecule has 4 aromatic rings. The fourth-order valence-electron chi connectivity index (χ4n) is 4.15. The van der Waals surface area contributed by atoms with Gasteiger partial charge in [-0.15, -0.1) is 0 Å². The summed E-state index contributed by atoms with van der Waals surface area (Å²) in [6, 6.07) is 5.48. The number of hydrogen-bond acceptors (Lipinski definition) is 7. The molecule has 3 heterocycles. The van der Waals surface area contributed by atoms with Gasteiger partial charge in [-0.05, 0) is 44.4 Å². The number of imidazole rings is 1. The zero-order valence-electron chi connectivity index (χ0n) is 21.2. The average Bonchev–Trinajstić information content (AvgIpc) is 3.64. The highest BCUT2D eigenvalue weighted by atomic mass is 19.4. The van der Waals surface area contributed by atoms with Crippen molar-refractivity contribution in [3.63, 3.8) is 0 Å². The zero-order chi connectivity index (χ0) is 28.6. The van der Waals surface area contributed by atoms with Crippen LogP contribution in [0.2, 0.25) is 0 Å². The number of nitrogens with zero attached hydrogens (tertiary/aromatic N) is 6. The molecular weight excluding hydrogens is 542 g/mol. The van der Waals surface area contributed by atoms with E-state index in [-0.39, 0.29) is 53.6 Å². The zero-order valence-corrected chi connectivity index (χ0v) is 21.2. The van der Waals surface area contributed by atoms with Gasteiger partial charge in [0, 0.05) is 30.4 Å². The number of hydrogen-bond donors (Lipinski definition) is 0. The van der Waals surface area contributed by atoms with E-state index in [1.54, 1.807) is 13.8 Å². The van der Waals surface area contributed by atoms with Crippen molar-refractivity contribution < 1.29 is 35.8 Å². The first-order valence-corrected chi connectivity index (χ1v) is 12.2. The number of aromatic nitrogens is 6. The van der Waals surface area contributed by atoms with Crippen LogP contribution in [-0.4, -0.2) is 36.1 Å². The Labute approximate surface area is 224 Å². The molecule has 1 aromatic carbocycles. The fraction of sp³-hybridized carbons (Fsp3) is 0.346. The third-order valence-electron chi connectivity index (χ3n) is 6.13. The van der Waals surface area contributed by atoms with Crippen LogP contribution in [0.3, 0.4) is 0 Å². The van der Waals surface area contributed by atoms with Gasteiger partial charge in [-0.3, -0.25) is 0 Å². The van der Waals surface area contributed by atoms with E-state index in [0.717, 1.165) is 31.4 Å². The van der Waals surface area contributed by atoms with Gasteiger partial charge >= 0.3 is 12.8 Å². The average molecular weight is 564 g/mol. The maximum Gasteiger partial charge on any atom is 0.434 e. The van der Waals surface area contributed by atoms with E-state index < -0.39 is 24.3 Å². The largest absolute Gasteiger partial charge is 0.473 e. The van der Waals surface area contributed by atoms with E-state index in [4.69, 9.17) is 4.74 Å². The lowest BCUT2D eigenvalue weighted by atomic mass is 10.1. The molecule has 0 bridgehead atoms. The number of ether oxygens (including phenoxy) is 2. The van der Waals surface area contributed by atoms with E-state index >= 15 is 4.39 Å². The molecule has 40 heavy (non-hydrogen) atoms. The third-order valence-corrected chi connectivity index (χ3v) is 6.13. The van der Waals surface area contributed by atoms with Crippen molar-refractivity contribution in [1.82, 2.24) is 29.5 Å². The molecule has 1 fully saturated rings. The molecule has 8 nitrogen and oxygen atoms in total. The maximum atomic E-state index is 15.0. The lowest BCUT2D eigenvalue weighted by Crippen LogP contribution is -2.09. The van der Waals surface area contributed by atoms with Crippen LogP contribution in [-0.2, 0) is 19.3 Å². The Morgan fingerprint density at radius 2 is 1.85 bits per heavy atom. The molecule has 0 atom stereocenters. The molecule has 1 aliphatic carbocycles. The summed E-state index contributed by atoms with van der Waals surface area (Å²) >= 11 is 0. The van der Waals surface area contributed by atoms with Gasteiger partial charge in [-0.25, -0.2) is 24.3 Å². The van der Waals surface area contributed by atoms with Crippen molar-refractivity contribution in [2.24, 2.45) is 0 Å². The van der Waals surface area contributed by atoms with Gasteiger partial charge in [0.1, 0.15) is 30.1 Å². The van der Waals surface area contributed by atoms with Crippen LogP contribution >= 0.6 is 0 Å². The van der Waals surface area contributed by atoms with E-state index in [0.29, 0.717) is 17.0 Å². The van der Waals surface area contributed by atoms with Gasteiger partial charge in [0.25, 0.3) is 0 Å². The summed E-state index contributed by atoms with van der Waals surface area (Å²) in [6.45, 7) is 0.184. The van der Waals surface area contributed by atoms with E-state index in [1.165, 1.54) is 22.8 Å². The van der Waals surface area contributed by atoms with Crippen LogP contribution in [0.25, 0.3) is 22.8 Å². The molecule has 0 saturated heterocycles. The monoisotopic (exact) mass is 564 g/mol. The van der Waals surface area contributed by atoms with E-state index in [2.05, 4.69) is 29.7 Å². The van der Waals surface area contributed by atoms with Gasteiger partial charge in [-0.2, -0.15) is 26.9 Å². The second kappa shape index (κ2) is 10.7. The van der Waals surface area contributed by atoms with Crippen LogP contribution in [0.5, 0.6) is 11.8 Å². The summed E-state index contributed by atoms with van der Waals surface area (Å²) in [5.41, 5.74) is 0.277. The summed E-state index contributed by atoms with van der Waals surface area (Å²) in [5, 5.41) is 0. The summed E-state index contributed by atoms with van der Waals surface area (Å²) in [4.78, 5) is 20.4. The summed E-state index contributed by atoms with van der Waals surface area (Å²) in [7, 11) is 0. The highest BCUT2D eigenvalue weighted by Gasteiger charge is 2.35. The molecular formula is C26H22F6N6O2. The number of halogens is 6. The van der Waals surface area contributed by atoms with E-state index in [9.17, 15) is 22.0 Å². The Kier molecular flexibility index (Phi) is 7.34. The van der Waals surface area contributed by atoms with Crippen LogP contribution < -0.4 is 9.47 Å². The number of alkyl halides is 5. The Morgan fingerprint density at radius 1 is 1.07 bits per heavy atom. The lowest BCUT2D eigenvalue weighted by molar-refractivity contribution is -0.140. The molecule has 0 amide bonds. The summed E-state index contributed by atoms with van der Waals surface area (Å²) in [5.74, 6) is -1.10. The van der Waals surface area contributed by atoms with Gasteiger partial charge in [-0.1, -0.05) is 6.07 Å². The first kappa shape index (κ1) is 27.3. The smallest absolute Gasteiger partial charge is 0.434 e. The van der Waals surface area contributed by atoms with Crippen LogP contribution in [0.15, 0.2) is 36.8 Å². The third kappa shape index (κ3) is 5.84. The molecule has 14 heteroatoms. The van der Waals surface area contributed by atoms with Gasteiger partial charge < -0.3 is 14.0 Å². The van der Waals surface area contributed by atoms with Crippen molar-refractivity contribution in [1.29, 1.82) is 0 Å². The fourth-order valence-corrected chi connectivity index (χ4v) is 4.15. The molecule has 3 aromatic heterocycles. The molecule has 1 saturated carbocycles. The molecule has 1 aliphatic rings. The van der Waals surface area contributed by atoms with Crippen molar-refractivity contribution in [2.45, 2.75) is 58.5 Å². The highest BCUT2D eigenvalue weighted by molar-refractivity contribution is 5.66. The molecule has 210 valence electrons. The first-order valence-electron chi connectivity index (χ1n) is 12.2. The van der Waals surface area contributed by atoms with Crippen LogP contribution in [0.4, 0.5) is 26.3 Å². The summed E-state index contributed by atoms with van der Waals surface area (Å²) < 4.78 is 92.1. The van der Waals surface area contributed by atoms with Crippen LogP contribution in [0, 0.1) is 12.7 Å². The summed E-state index contributed by atoms with van der Waals surface area (Å²) in [6.07, 6.45) is -1.02. The molecule has 0 spiro atoms. The molecule has 0 N–H and O–H groups in total. The van der Waals surface area contributed by atoms with Crippen molar-refractivity contribution in [2.75, 3.05) is 0 Å². The number of benzene rings is 1.